The van der Waals surface area contributed by atoms with E-state index in [1.165, 1.54) is 54.0 Å². The standard InChI is InChI=1S/C47H39Si.C5H5.Hf/c1-46(40-25-13-19-31-15-5-9-21-35(31)40)29-33-17-7-11-23-37(33)44(46)39-27-28-42(48(3)4)43(39)45-38-24-12-8-18-34(38)30-47(45,2)41-26-14-20-32-16-6-10-22-36(32)41;1-2-4-5-3-1;/h5-30,48H,1-4H3;1-5H;. The minimum absolute atomic E-state index is 0.108. The molecule has 2 heteroatoms. The molecule has 0 aromatic heterocycles. The Balaban J connectivity index is 1.06. The van der Waals surface area contributed by atoms with E-state index in [0.29, 0.717) is 6.34 Å². The Labute approximate surface area is 300 Å². The fraction of sp³-hybridized carbons (Fsp3) is 0.308. The van der Waals surface area contributed by atoms with Crippen LogP contribution in [0.2, 0.25) is 48.0 Å². The minimum atomic E-state index is -5.33. The van der Waals surface area contributed by atoms with Crippen LogP contribution in [-0.2, 0) is 22.0 Å². The Bertz CT molecular complexity index is 3700. The Kier molecular flexibility index (Phi) is 2.40. The molecular formula is C52H44HfSi. The van der Waals surface area contributed by atoms with Gasteiger partial charge in [0, 0.05) is 0 Å². The summed E-state index contributed by atoms with van der Waals surface area (Å²) in [6.07, 6.45) is 5.61. The number of hydrogen-bond donors (Lipinski definition) is 0. The van der Waals surface area contributed by atoms with Crippen LogP contribution in [-0.4, -0.2) is 8.80 Å². The number of benzene rings is 6. The van der Waals surface area contributed by atoms with Gasteiger partial charge >= 0.3 is 303 Å². The van der Waals surface area contributed by atoms with Crippen LogP contribution in [0.25, 0.3) is 44.8 Å². The molecule has 7 unspecified atom stereocenters. The fourth-order valence-electron chi connectivity index (χ4n) is 36.9. The summed E-state index contributed by atoms with van der Waals surface area (Å²) in [4.78, 5) is 0. The zero-order valence-corrected chi connectivity index (χ0v) is 36.2. The van der Waals surface area contributed by atoms with Crippen LogP contribution in [0.4, 0.5) is 0 Å². The van der Waals surface area contributed by atoms with Crippen molar-refractivity contribution in [3.05, 3.63) is 165 Å². The molecule has 0 N–H and O–H groups in total. The maximum absolute atomic E-state index is 5.33. The van der Waals surface area contributed by atoms with Gasteiger partial charge in [-0.2, -0.15) is 0 Å². The summed E-state index contributed by atoms with van der Waals surface area (Å²) in [7, 11) is -1.07. The molecule has 0 radical (unpaired) electrons. The molecule has 12 aliphatic rings. The van der Waals surface area contributed by atoms with E-state index in [-0.39, 0.29) is 10.8 Å². The first-order chi connectivity index (χ1) is 26.1. The first-order valence-corrected chi connectivity index (χ1v) is 44.5. The van der Waals surface area contributed by atoms with Crippen LogP contribution in [0.5, 0.6) is 0 Å². The number of fused-ring (bicyclic) bond motifs is 14. The van der Waals surface area contributed by atoms with Crippen molar-refractivity contribution in [2.45, 2.75) is 72.6 Å². The van der Waals surface area contributed by atoms with Crippen LogP contribution < -0.4 is 20.9 Å². The predicted octanol–water partition coefficient (Wildman–Crippen LogP) is 10.0. The molecule has 18 rings (SSSR count). The maximum atomic E-state index is 2.90. The second kappa shape index (κ2) is 4.79. The van der Waals surface area contributed by atoms with Gasteiger partial charge in [-0.25, -0.2) is 0 Å². The summed E-state index contributed by atoms with van der Waals surface area (Å²) in [6, 6.07) is 53.0. The molecule has 10 heterocycles. The Hall–Kier alpha value is -3.59. The quantitative estimate of drug-likeness (QED) is 0.152. The van der Waals surface area contributed by atoms with E-state index in [9.17, 15) is 0 Å². The van der Waals surface area contributed by atoms with Crippen molar-refractivity contribution < 1.29 is 11.2 Å². The van der Waals surface area contributed by atoms with Gasteiger partial charge in [0.2, 0.25) is 0 Å². The summed E-state index contributed by atoms with van der Waals surface area (Å²) in [5.74, 6) is 0. The topological polar surface area (TPSA) is 0 Å². The van der Waals surface area contributed by atoms with Crippen molar-refractivity contribution in [3.63, 3.8) is 0 Å². The van der Waals surface area contributed by atoms with Gasteiger partial charge in [0.1, 0.15) is 0 Å². The van der Waals surface area contributed by atoms with Gasteiger partial charge in [-0.05, 0) is 0 Å². The third-order valence-electron chi connectivity index (χ3n) is 31.6. The molecule has 10 fully saturated rings. The van der Waals surface area contributed by atoms with Gasteiger partial charge < -0.3 is 0 Å². The van der Waals surface area contributed by atoms with E-state index >= 15 is 0 Å². The van der Waals surface area contributed by atoms with Crippen molar-refractivity contribution >= 4 is 53.6 Å². The Morgan fingerprint density at radius 3 is 1.44 bits per heavy atom. The Morgan fingerprint density at radius 1 is 0.481 bits per heavy atom. The van der Waals surface area contributed by atoms with E-state index in [4.69, 9.17) is 0 Å². The molecule has 10 aliphatic heterocycles. The van der Waals surface area contributed by atoms with E-state index in [2.05, 4.69) is 173 Å². The second-order valence-electron chi connectivity index (χ2n) is 25.7. The molecule has 0 amide bonds. The van der Waals surface area contributed by atoms with Crippen LogP contribution in [0.3, 0.4) is 0 Å². The molecule has 7 atom stereocenters. The summed E-state index contributed by atoms with van der Waals surface area (Å²) in [5.41, 5.74) is 6.91. The summed E-state index contributed by atoms with van der Waals surface area (Å²) in [5, 5.41) is 12.1. The summed E-state index contributed by atoms with van der Waals surface area (Å²) in [6.45, 7) is 11.3. The third-order valence-corrected chi connectivity index (χ3v) is 195. The molecule has 6 aromatic carbocycles. The third kappa shape index (κ3) is 0.833. The van der Waals surface area contributed by atoms with E-state index in [1.807, 2.05) is 11.1 Å². The Morgan fingerprint density at radius 2 is 0.926 bits per heavy atom. The van der Waals surface area contributed by atoms with E-state index < -0.39 is 20.0 Å². The average Bonchev–Trinajstić information content (AvgIpc) is 4.08. The molecule has 2 aliphatic carbocycles. The van der Waals surface area contributed by atoms with Crippen LogP contribution in [0.1, 0.15) is 25.0 Å². The molecule has 1 spiro atoms. The molecule has 260 valence electrons. The molecule has 10 saturated heterocycles. The van der Waals surface area contributed by atoms with Gasteiger partial charge in [0.15, 0.2) is 0 Å². The van der Waals surface area contributed by atoms with Crippen molar-refractivity contribution in [3.8, 4) is 0 Å². The van der Waals surface area contributed by atoms with Gasteiger partial charge in [0.05, 0.1) is 0 Å². The van der Waals surface area contributed by atoms with Gasteiger partial charge in [-0.15, -0.1) is 0 Å². The van der Waals surface area contributed by atoms with Crippen molar-refractivity contribution in [2.75, 3.05) is 0 Å². The molecule has 0 nitrogen and oxygen atoms in total. The van der Waals surface area contributed by atoms with Gasteiger partial charge in [0.25, 0.3) is 0 Å². The van der Waals surface area contributed by atoms with Crippen LogP contribution >= 0.6 is 0 Å². The van der Waals surface area contributed by atoms with Gasteiger partial charge in [-0.1, -0.05) is 0 Å². The second-order valence-corrected chi connectivity index (χ2v) is 106. The number of hydrogen-bond acceptors (Lipinski definition) is 0. The normalized spacial score (nSPS) is 55.8. The first kappa shape index (κ1) is 27.1. The average molecular weight is 876 g/mol. The molecule has 0 saturated carbocycles. The number of rotatable bonds is 5. The molecule has 0 bridgehead atoms. The van der Waals surface area contributed by atoms with E-state index in [0.717, 1.165) is 6.47 Å². The zero-order valence-electron chi connectivity index (χ0n) is 31.5. The molecular weight excluding hydrogens is 831 g/mol. The van der Waals surface area contributed by atoms with Crippen molar-refractivity contribution in [2.24, 2.45) is 0 Å². The van der Waals surface area contributed by atoms with E-state index in [1.54, 1.807) is 21.6 Å². The van der Waals surface area contributed by atoms with Crippen LogP contribution in [0, 0.1) is 0 Å². The zero-order chi connectivity index (χ0) is 35.3. The SMILES string of the molecule is C[SiH](C)[C]12[CH]3[CH]4[C]5(C6=c7ccccc7=CC6(C)c6cccc7ccccc67)[C]1(C1=c6ccccc6=CC1(C)c1cccc6ccccc16)[Hf]43521678[CH]2[CH]1[CH]6[CH]7[CH]28. The van der Waals surface area contributed by atoms with Crippen LogP contribution in [0.15, 0.2) is 133 Å². The predicted molar refractivity (Wildman–Crippen MR) is 223 cm³/mol. The van der Waals surface area contributed by atoms with Gasteiger partial charge in [-0.3, -0.25) is 0 Å². The fourth-order valence-corrected chi connectivity index (χ4v) is 492. The summed E-state index contributed by atoms with van der Waals surface area (Å²) < 4.78 is 10.0. The monoisotopic (exact) mass is 876 g/mol. The van der Waals surface area contributed by atoms with Crippen molar-refractivity contribution in [1.29, 1.82) is 0 Å². The first-order valence-electron chi connectivity index (χ1n) is 21.7. The molecule has 54 heavy (non-hydrogen) atoms. The summed E-state index contributed by atoms with van der Waals surface area (Å²) >= 11 is -5.33. The van der Waals surface area contributed by atoms with Crippen molar-refractivity contribution in [1.82, 2.24) is 0 Å². The molecule has 6 aromatic rings.